The molecule has 2 amide bonds. The van der Waals surface area contributed by atoms with E-state index in [-0.39, 0.29) is 5.91 Å². The first kappa shape index (κ1) is 13.8. The number of carbonyl (C=O) groups is 2. The van der Waals surface area contributed by atoms with Gasteiger partial charge < -0.3 is 15.3 Å². The molecule has 1 fully saturated rings. The van der Waals surface area contributed by atoms with Gasteiger partial charge >= 0.3 is 6.09 Å². The van der Waals surface area contributed by atoms with Gasteiger partial charge in [0.05, 0.1) is 0 Å². The van der Waals surface area contributed by atoms with E-state index < -0.39 is 12.1 Å². The maximum absolute atomic E-state index is 11.9. The van der Waals surface area contributed by atoms with E-state index in [9.17, 15) is 9.59 Å². The highest BCUT2D eigenvalue weighted by molar-refractivity contribution is 5.84. The minimum Gasteiger partial charge on any atom is -0.465 e. The second kappa shape index (κ2) is 6.47. The van der Waals surface area contributed by atoms with Crippen molar-refractivity contribution >= 4 is 12.0 Å². The molecule has 1 rings (SSSR count). The Bertz CT molecular complexity index is 273. The highest BCUT2D eigenvalue weighted by Crippen LogP contribution is 2.27. The maximum atomic E-state index is 11.9. The van der Waals surface area contributed by atoms with Crippen LogP contribution in [0.2, 0.25) is 0 Å². The first-order valence-electron chi connectivity index (χ1n) is 6.21. The molecule has 5 nitrogen and oxygen atoms in total. The number of rotatable bonds is 4. The summed E-state index contributed by atoms with van der Waals surface area (Å²) in [6.07, 6.45) is 5.37. The van der Waals surface area contributed by atoms with Crippen molar-refractivity contribution in [1.82, 2.24) is 10.2 Å². The van der Waals surface area contributed by atoms with Crippen LogP contribution < -0.4 is 5.32 Å². The van der Waals surface area contributed by atoms with Crippen LogP contribution in [0.5, 0.6) is 0 Å². The van der Waals surface area contributed by atoms with Crippen molar-refractivity contribution in [2.75, 3.05) is 14.1 Å². The van der Waals surface area contributed by atoms with Crippen molar-refractivity contribution in [2.24, 2.45) is 5.92 Å². The van der Waals surface area contributed by atoms with Gasteiger partial charge in [0.15, 0.2) is 0 Å². The second-order valence-electron chi connectivity index (χ2n) is 4.97. The number of nitrogens with zero attached hydrogens (tertiary/aromatic N) is 1. The van der Waals surface area contributed by atoms with Crippen molar-refractivity contribution in [1.29, 1.82) is 0 Å². The van der Waals surface area contributed by atoms with Crippen LogP contribution in [-0.2, 0) is 4.79 Å². The highest BCUT2D eigenvalue weighted by atomic mass is 16.4. The molecule has 17 heavy (non-hydrogen) atoms. The SMILES string of the molecule is CN(C)C(=O)C(CC1CCCCC1)NC(=O)O. The fourth-order valence-electron chi connectivity index (χ4n) is 2.44. The molecule has 1 aliphatic carbocycles. The number of hydrogen-bond donors (Lipinski definition) is 2. The number of carbonyl (C=O) groups excluding carboxylic acids is 1. The Kier molecular flexibility index (Phi) is 5.25. The van der Waals surface area contributed by atoms with Crippen molar-refractivity contribution in [3.05, 3.63) is 0 Å². The first-order valence-corrected chi connectivity index (χ1v) is 6.21. The zero-order chi connectivity index (χ0) is 12.8. The van der Waals surface area contributed by atoms with Crippen LogP contribution in [0.1, 0.15) is 38.5 Å². The third-order valence-electron chi connectivity index (χ3n) is 3.33. The molecule has 0 bridgehead atoms. The molecule has 0 aromatic rings. The van der Waals surface area contributed by atoms with E-state index in [0.717, 1.165) is 12.8 Å². The maximum Gasteiger partial charge on any atom is 0.405 e. The largest absolute Gasteiger partial charge is 0.465 e. The van der Waals surface area contributed by atoms with Crippen LogP contribution in [0.4, 0.5) is 4.79 Å². The van der Waals surface area contributed by atoms with Crippen molar-refractivity contribution in [3.8, 4) is 0 Å². The average Bonchev–Trinajstić information content (AvgIpc) is 2.28. The van der Waals surface area contributed by atoms with Crippen LogP contribution in [0.3, 0.4) is 0 Å². The van der Waals surface area contributed by atoms with Gasteiger partial charge in [-0.15, -0.1) is 0 Å². The summed E-state index contributed by atoms with van der Waals surface area (Å²) in [6.45, 7) is 0. The quantitative estimate of drug-likeness (QED) is 0.788. The Balaban J connectivity index is 2.55. The lowest BCUT2D eigenvalue weighted by molar-refractivity contribution is -0.131. The first-order chi connectivity index (χ1) is 8.00. The van der Waals surface area contributed by atoms with Crippen LogP contribution >= 0.6 is 0 Å². The van der Waals surface area contributed by atoms with Gasteiger partial charge in [0.25, 0.3) is 0 Å². The number of amides is 2. The Morgan fingerprint density at radius 2 is 1.88 bits per heavy atom. The molecule has 2 N–H and O–H groups in total. The minimum absolute atomic E-state index is 0.155. The third kappa shape index (κ3) is 4.63. The lowest BCUT2D eigenvalue weighted by atomic mass is 9.84. The monoisotopic (exact) mass is 242 g/mol. The topological polar surface area (TPSA) is 69.6 Å². The fourth-order valence-corrected chi connectivity index (χ4v) is 2.44. The van der Waals surface area contributed by atoms with E-state index in [1.807, 2.05) is 0 Å². The number of nitrogens with one attached hydrogen (secondary N) is 1. The third-order valence-corrected chi connectivity index (χ3v) is 3.33. The molecule has 0 aromatic heterocycles. The van der Waals surface area contributed by atoms with E-state index in [4.69, 9.17) is 5.11 Å². The zero-order valence-electron chi connectivity index (χ0n) is 10.6. The van der Waals surface area contributed by atoms with Crippen LogP contribution in [-0.4, -0.2) is 42.1 Å². The molecule has 0 heterocycles. The summed E-state index contributed by atoms with van der Waals surface area (Å²) in [5.41, 5.74) is 0. The van der Waals surface area contributed by atoms with E-state index in [2.05, 4.69) is 5.32 Å². The predicted octanol–water partition coefficient (Wildman–Crippen LogP) is 1.68. The van der Waals surface area contributed by atoms with Gasteiger partial charge in [-0.25, -0.2) is 4.79 Å². The lowest BCUT2D eigenvalue weighted by Crippen LogP contribution is -2.46. The standard InChI is InChI=1S/C12H22N2O3/c1-14(2)11(15)10(13-12(16)17)8-9-6-4-3-5-7-9/h9-10,13H,3-8H2,1-2H3,(H,16,17). The number of hydrogen-bond acceptors (Lipinski definition) is 2. The molecule has 0 spiro atoms. The molecule has 1 saturated carbocycles. The zero-order valence-corrected chi connectivity index (χ0v) is 10.6. The molecule has 1 aliphatic rings. The molecule has 98 valence electrons. The summed E-state index contributed by atoms with van der Waals surface area (Å²) in [7, 11) is 3.31. The summed E-state index contributed by atoms with van der Waals surface area (Å²) < 4.78 is 0. The van der Waals surface area contributed by atoms with Crippen molar-refractivity contribution in [2.45, 2.75) is 44.6 Å². The average molecular weight is 242 g/mol. The summed E-state index contributed by atoms with van der Waals surface area (Å²) in [5, 5.41) is 11.1. The molecule has 5 heteroatoms. The summed E-state index contributed by atoms with van der Waals surface area (Å²) in [5.74, 6) is 0.322. The number of carboxylic acid groups (broad SMARTS) is 1. The molecule has 1 unspecified atom stereocenters. The van der Waals surface area contributed by atoms with Gasteiger partial charge in [-0.2, -0.15) is 0 Å². The van der Waals surface area contributed by atoms with Gasteiger partial charge in [-0.3, -0.25) is 4.79 Å². The van der Waals surface area contributed by atoms with Crippen LogP contribution in [0.15, 0.2) is 0 Å². The summed E-state index contributed by atoms with van der Waals surface area (Å²) >= 11 is 0. The molecule has 0 radical (unpaired) electrons. The van der Waals surface area contributed by atoms with E-state index in [1.165, 1.54) is 24.2 Å². The lowest BCUT2D eigenvalue weighted by Gasteiger charge is -2.27. The Morgan fingerprint density at radius 1 is 1.29 bits per heavy atom. The predicted molar refractivity (Wildman–Crippen MR) is 64.8 cm³/mol. The molecular weight excluding hydrogens is 220 g/mol. The van der Waals surface area contributed by atoms with Gasteiger partial charge in [-0.1, -0.05) is 32.1 Å². The molecule has 0 aliphatic heterocycles. The van der Waals surface area contributed by atoms with E-state index >= 15 is 0 Å². The Labute approximate surface area is 102 Å². The minimum atomic E-state index is -1.12. The van der Waals surface area contributed by atoms with Crippen LogP contribution in [0.25, 0.3) is 0 Å². The van der Waals surface area contributed by atoms with Gasteiger partial charge in [0.1, 0.15) is 6.04 Å². The van der Waals surface area contributed by atoms with E-state index in [1.54, 1.807) is 14.1 Å². The molecule has 0 saturated heterocycles. The van der Waals surface area contributed by atoms with Crippen molar-refractivity contribution in [3.63, 3.8) is 0 Å². The summed E-state index contributed by atoms with van der Waals surface area (Å²) in [6, 6.07) is -0.592. The number of likely N-dealkylation sites (N-methyl/N-ethyl adjacent to an activating group) is 1. The highest BCUT2D eigenvalue weighted by Gasteiger charge is 2.26. The molecule has 1 atom stereocenters. The van der Waals surface area contributed by atoms with Gasteiger partial charge in [0, 0.05) is 14.1 Å². The fraction of sp³-hybridized carbons (Fsp3) is 0.833. The molecule has 0 aromatic carbocycles. The van der Waals surface area contributed by atoms with Gasteiger partial charge in [0.2, 0.25) is 5.91 Å². The summed E-state index contributed by atoms with van der Waals surface area (Å²) in [4.78, 5) is 24.0. The second-order valence-corrected chi connectivity index (χ2v) is 4.97. The molecular formula is C12H22N2O3. The Morgan fingerprint density at radius 3 is 2.35 bits per heavy atom. The van der Waals surface area contributed by atoms with Gasteiger partial charge in [-0.05, 0) is 12.3 Å². The Hall–Kier alpha value is -1.26. The van der Waals surface area contributed by atoms with Crippen molar-refractivity contribution < 1.29 is 14.7 Å². The van der Waals surface area contributed by atoms with Crippen LogP contribution in [0, 0.1) is 5.92 Å². The van der Waals surface area contributed by atoms with E-state index in [0.29, 0.717) is 12.3 Å². The smallest absolute Gasteiger partial charge is 0.405 e. The normalized spacial score (nSPS) is 18.5.